The van der Waals surface area contributed by atoms with Crippen molar-refractivity contribution in [2.75, 3.05) is 19.7 Å². The highest BCUT2D eigenvalue weighted by atomic mass is 16.5. The number of amides is 1. The van der Waals surface area contributed by atoms with E-state index in [2.05, 4.69) is 4.98 Å². The van der Waals surface area contributed by atoms with Crippen molar-refractivity contribution in [1.29, 1.82) is 0 Å². The number of aromatic amines is 1. The maximum Gasteiger partial charge on any atom is 0.259 e. The second-order valence-electron chi connectivity index (χ2n) is 5.42. The van der Waals surface area contributed by atoms with Crippen LogP contribution in [0.3, 0.4) is 0 Å². The molecule has 0 bridgehead atoms. The van der Waals surface area contributed by atoms with E-state index in [1.807, 2.05) is 30.3 Å². The molecule has 0 radical (unpaired) electrons. The van der Waals surface area contributed by atoms with Crippen LogP contribution in [0.25, 0.3) is 0 Å². The van der Waals surface area contributed by atoms with E-state index in [4.69, 9.17) is 4.74 Å². The van der Waals surface area contributed by atoms with E-state index in [1.165, 1.54) is 12.3 Å². The van der Waals surface area contributed by atoms with E-state index < -0.39 is 0 Å². The van der Waals surface area contributed by atoms with Gasteiger partial charge in [0, 0.05) is 24.5 Å². The molecule has 5 nitrogen and oxygen atoms in total. The van der Waals surface area contributed by atoms with Crippen LogP contribution in [0.4, 0.5) is 0 Å². The zero-order valence-electron chi connectivity index (χ0n) is 12.4. The highest BCUT2D eigenvalue weighted by Crippen LogP contribution is 2.22. The largest absolute Gasteiger partial charge is 0.370 e. The molecule has 0 spiro atoms. The van der Waals surface area contributed by atoms with Crippen molar-refractivity contribution < 1.29 is 9.53 Å². The minimum Gasteiger partial charge on any atom is -0.370 e. The van der Waals surface area contributed by atoms with Crippen LogP contribution in [-0.2, 0) is 4.74 Å². The highest BCUT2D eigenvalue weighted by molar-refractivity contribution is 5.93. The van der Waals surface area contributed by atoms with Crippen molar-refractivity contribution in [3.8, 4) is 0 Å². The fraction of sp³-hybridized carbons (Fsp3) is 0.294. The van der Waals surface area contributed by atoms with Crippen molar-refractivity contribution in [1.82, 2.24) is 9.88 Å². The number of carbonyl (C=O) groups is 1. The van der Waals surface area contributed by atoms with Gasteiger partial charge in [0.2, 0.25) is 0 Å². The Morgan fingerprint density at radius 1 is 1.32 bits per heavy atom. The molecule has 3 rings (SSSR count). The molecule has 1 N–H and O–H groups in total. The Balaban J connectivity index is 1.80. The van der Waals surface area contributed by atoms with Gasteiger partial charge in [0.1, 0.15) is 11.7 Å². The predicted octanol–water partition coefficient (Wildman–Crippen LogP) is 1.90. The van der Waals surface area contributed by atoms with Crippen LogP contribution >= 0.6 is 0 Å². The standard InChI is InChI=1S/C17H18N2O3/c1-12-9-15(20)14(10-18-12)17(21)19-7-8-22-16(11-19)13-5-3-2-4-6-13/h2-6,9-10,16H,7-8,11H2,1H3,(H,18,20)/t16-/m1/s1. The topological polar surface area (TPSA) is 62.4 Å². The van der Waals surface area contributed by atoms with E-state index in [-0.39, 0.29) is 23.0 Å². The summed E-state index contributed by atoms with van der Waals surface area (Å²) in [7, 11) is 0. The minimum absolute atomic E-state index is 0.150. The van der Waals surface area contributed by atoms with Gasteiger partial charge in [-0.2, -0.15) is 0 Å². The lowest BCUT2D eigenvalue weighted by Gasteiger charge is -2.33. The van der Waals surface area contributed by atoms with Gasteiger partial charge in [-0.3, -0.25) is 9.59 Å². The number of hydrogen-bond acceptors (Lipinski definition) is 3. The summed E-state index contributed by atoms with van der Waals surface area (Å²) in [5, 5.41) is 0. The average Bonchev–Trinajstić information content (AvgIpc) is 2.55. The third-order valence-electron chi connectivity index (χ3n) is 3.81. The second kappa shape index (κ2) is 6.15. The molecule has 2 heterocycles. The first-order chi connectivity index (χ1) is 10.6. The van der Waals surface area contributed by atoms with Gasteiger partial charge in [0.05, 0.1) is 13.2 Å². The van der Waals surface area contributed by atoms with Gasteiger partial charge in [-0.15, -0.1) is 0 Å². The summed E-state index contributed by atoms with van der Waals surface area (Å²) in [5.41, 5.74) is 1.71. The van der Waals surface area contributed by atoms with Crippen molar-refractivity contribution >= 4 is 5.91 Å². The smallest absolute Gasteiger partial charge is 0.259 e. The number of hydrogen-bond donors (Lipinski definition) is 1. The summed E-state index contributed by atoms with van der Waals surface area (Å²) in [5.74, 6) is -0.245. The Morgan fingerprint density at radius 3 is 2.82 bits per heavy atom. The monoisotopic (exact) mass is 298 g/mol. The van der Waals surface area contributed by atoms with Gasteiger partial charge in [0.15, 0.2) is 5.43 Å². The fourth-order valence-corrected chi connectivity index (χ4v) is 2.61. The second-order valence-corrected chi connectivity index (χ2v) is 5.42. The summed E-state index contributed by atoms with van der Waals surface area (Å²) < 4.78 is 5.75. The highest BCUT2D eigenvalue weighted by Gasteiger charge is 2.27. The van der Waals surface area contributed by atoms with Gasteiger partial charge in [0.25, 0.3) is 5.91 Å². The zero-order valence-corrected chi connectivity index (χ0v) is 12.4. The number of morpholine rings is 1. The lowest BCUT2D eigenvalue weighted by Crippen LogP contribution is -2.43. The number of nitrogens with zero attached hydrogens (tertiary/aromatic N) is 1. The Kier molecular flexibility index (Phi) is 4.06. The van der Waals surface area contributed by atoms with E-state index in [1.54, 1.807) is 11.8 Å². The molecule has 1 fully saturated rings. The van der Waals surface area contributed by atoms with Gasteiger partial charge in [-0.25, -0.2) is 0 Å². The number of aromatic nitrogens is 1. The van der Waals surface area contributed by atoms with Crippen molar-refractivity contribution in [3.05, 3.63) is 69.6 Å². The molecular formula is C17H18N2O3. The van der Waals surface area contributed by atoms with Gasteiger partial charge in [-0.1, -0.05) is 30.3 Å². The SMILES string of the molecule is Cc1cc(=O)c(C(=O)N2CCO[C@@H](c3ccccc3)C2)c[nH]1. The molecule has 1 saturated heterocycles. The van der Waals surface area contributed by atoms with E-state index >= 15 is 0 Å². The number of pyridine rings is 1. The summed E-state index contributed by atoms with van der Waals surface area (Å²) in [4.78, 5) is 29.1. The molecule has 22 heavy (non-hydrogen) atoms. The minimum atomic E-state index is -0.246. The van der Waals surface area contributed by atoms with Gasteiger partial charge < -0.3 is 14.6 Å². The van der Waals surface area contributed by atoms with Gasteiger partial charge in [-0.05, 0) is 12.5 Å². The molecule has 5 heteroatoms. The molecule has 2 aromatic rings. The van der Waals surface area contributed by atoms with Crippen LogP contribution in [0.15, 0.2) is 47.4 Å². The molecule has 114 valence electrons. The van der Waals surface area contributed by atoms with Crippen LogP contribution in [0.5, 0.6) is 0 Å². The summed E-state index contributed by atoms with van der Waals surface area (Å²) >= 11 is 0. The van der Waals surface area contributed by atoms with Gasteiger partial charge >= 0.3 is 0 Å². The maximum absolute atomic E-state index is 12.6. The average molecular weight is 298 g/mol. The lowest BCUT2D eigenvalue weighted by molar-refractivity contribution is -0.0228. The van der Waals surface area contributed by atoms with Crippen LogP contribution in [-0.4, -0.2) is 35.5 Å². The lowest BCUT2D eigenvalue weighted by atomic mass is 10.1. The third-order valence-corrected chi connectivity index (χ3v) is 3.81. The maximum atomic E-state index is 12.6. The Bertz CT molecular complexity index is 724. The van der Waals surface area contributed by atoms with E-state index in [0.29, 0.717) is 19.7 Å². The summed E-state index contributed by atoms with van der Waals surface area (Å²) in [6.07, 6.45) is 1.34. The number of nitrogens with one attached hydrogen (secondary N) is 1. The number of benzene rings is 1. The number of rotatable bonds is 2. The number of aryl methyl sites for hydroxylation is 1. The first-order valence-electron chi connectivity index (χ1n) is 7.30. The quantitative estimate of drug-likeness (QED) is 0.921. The van der Waals surface area contributed by atoms with Crippen LogP contribution < -0.4 is 5.43 Å². The van der Waals surface area contributed by atoms with E-state index in [0.717, 1.165) is 11.3 Å². The molecule has 0 saturated carbocycles. The Morgan fingerprint density at radius 2 is 2.09 bits per heavy atom. The van der Waals surface area contributed by atoms with E-state index in [9.17, 15) is 9.59 Å². The first-order valence-corrected chi connectivity index (χ1v) is 7.30. The Hall–Kier alpha value is -2.40. The van der Waals surface area contributed by atoms with Crippen molar-refractivity contribution in [2.24, 2.45) is 0 Å². The fourth-order valence-electron chi connectivity index (χ4n) is 2.61. The summed E-state index contributed by atoms with van der Waals surface area (Å²) in [6.45, 7) is 3.20. The summed E-state index contributed by atoms with van der Waals surface area (Å²) in [6, 6.07) is 11.3. The molecule has 1 aromatic carbocycles. The Labute approximate surface area is 128 Å². The predicted molar refractivity (Wildman–Crippen MR) is 82.8 cm³/mol. The third kappa shape index (κ3) is 2.94. The molecule has 1 aromatic heterocycles. The molecule has 0 aliphatic carbocycles. The van der Waals surface area contributed by atoms with Crippen molar-refractivity contribution in [2.45, 2.75) is 13.0 Å². The normalized spacial score (nSPS) is 18.2. The molecule has 1 aliphatic rings. The van der Waals surface area contributed by atoms with Crippen molar-refractivity contribution in [3.63, 3.8) is 0 Å². The molecule has 0 unspecified atom stereocenters. The van der Waals surface area contributed by atoms with Crippen LogP contribution in [0.2, 0.25) is 0 Å². The number of ether oxygens (including phenoxy) is 1. The van der Waals surface area contributed by atoms with Crippen LogP contribution in [0.1, 0.15) is 27.7 Å². The zero-order chi connectivity index (χ0) is 15.5. The molecular weight excluding hydrogens is 280 g/mol. The first kappa shape index (κ1) is 14.5. The number of H-pyrrole nitrogens is 1. The molecule has 1 aliphatic heterocycles. The molecule has 1 atom stereocenters. The molecule has 1 amide bonds. The number of carbonyl (C=O) groups excluding carboxylic acids is 1. The van der Waals surface area contributed by atoms with Crippen LogP contribution in [0, 0.1) is 6.92 Å².